The number of hydrogen-bond acceptors (Lipinski definition) is 4. The molecule has 0 aliphatic rings. The highest BCUT2D eigenvalue weighted by Gasteiger charge is 2.13. The molecular formula is C17H17NO3S. The van der Waals surface area contributed by atoms with E-state index in [0.717, 1.165) is 17.5 Å². The van der Waals surface area contributed by atoms with E-state index in [-0.39, 0.29) is 5.91 Å². The number of hydrogen-bond donors (Lipinski definition) is 1. The largest absolute Gasteiger partial charge is 0.462 e. The molecule has 0 unspecified atom stereocenters. The van der Waals surface area contributed by atoms with Crippen LogP contribution in [0.3, 0.4) is 0 Å². The molecule has 0 saturated carbocycles. The van der Waals surface area contributed by atoms with Crippen LogP contribution in [-0.2, 0) is 4.74 Å². The molecule has 0 radical (unpaired) electrons. The Morgan fingerprint density at radius 1 is 1.09 bits per heavy atom. The predicted molar refractivity (Wildman–Crippen MR) is 86.9 cm³/mol. The van der Waals surface area contributed by atoms with Gasteiger partial charge in [-0.2, -0.15) is 0 Å². The molecule has 1 N–H and O–H groups in total. The minimum absolute atomic E-state index is 0.205. The summed E-state index contributed by atoms with van der Waals surface area (Å²) >= 11 is 1.11. The van der Waals surface area contributed by atoms with Gasteiger partial charge < -0.3 is 4.74 Å². The van der Waals surface area contributed by atoms with E-state index in [2.05, 4.69) is 4.72 Å². The van der Waals surface area contributed by atoms with Crippen LogP contribution in [0, 0.1) is 6.92 Å². The number of ether oxygens (including phenoxy) is 1. The third-order valence-electron chi connectivity index (χ3n) is 2.95. The summed E-state index contributed by atoms with van der Waals surface area (Å²) in [4.78, 5) is 24.6. The van der Waals surface area contributed by atoms with Crippen molar-refractivity contribution in [2.24, 2.45) is 0 Å². The van der Waals surface area contributed by atoms with E-state index in [1.807, 2.05) is 25.1 Å². The van der Waals surface area contributed by atoms with E-state index in [1.54, 1.807) is 37.3 Å². The molecule has 0 aliphatic carbocycles. The lowest BCUT2D eigenvalue weighted by atomic mass is 10.1. The standard InChI is InChI=1S/C17H17NO3S/c1-3-21-17(20)14-6-4-5-7-15(14)22-18-16(19)13-10-8-12(2)9-11-13/h4-11H,3H2,1-2H3,(H,18,19). The molecule has 0 bridgehead atoms. The summed E-state index contributed by atoms with van der Waals surface area (Å²) in [7, 11) is 0. The number of carbonyl (C=O) groups is 2. The zero-order valence-corrected chi connectivity index (χ0v) is 13.3. The molecule has 0 atom stereocenters. The Balaban J connectivity index is 2.07. The first kappa shape index (κ1) is 16.1. The monoisotopic (exact) mass is 315 g/mol. The van der Waals surface area contributed by atoms with Crippen LogP contribution in [0.25, 0.3) is 0 Å². The molecule has 2 rings (SSSR count). The zero-order valence-electron chi connectivity index (χ0n) is 12.5. The SMILES string of the molecule is CCOC(=O)c1ccccc1SNC(=O)c1ccc(C)cc1. The van der Waals surface area contributed by atoms with Crippen molar-refractivity contribution in [3.63, 3.8) is 0 Å². The quantitative estimate of drug-likeness (QED) is 0.676. The fourth-order valence-corrected chi connectivity index (χ4v) is 2.53. The number of benzene rings is 2. The van der Waals surface area contributed by atoms with Crippen LogP contribution in [0.1, 0.15) is 33.2 Å². The van der Waals surface area contributed by atoms with Gasteiger partial charge in [-0.05, 0) is 50.1 Å². The van der Waals surface area contributed by atoms with Crippen LogP contribution >= 0.6 is 11.9 Å². The summed E-state index contributed by atoms with van der Waals surface area (Å²) in [6.07, 6.45) is 0. The summed E-state index contributed by atoms with van der Waals surface area (Å²) < 4.78 is 7.75. The summed E-state index contributed by atoms with van der Waals surface area (Å²) in [5.74, 6) is -0.598. The molecule has 0 aromatic heterocycles. The first-order chi connectivity index (χ1) is 10.6. The Morgan fingerprint density at radius 3 is 2.45 bits per heavy atom. The molecule has 4 nitrogen and oxygen atoms in total. The number of esters is 1. The van der Waals surface area contributed by atoms with E-state index in [9.17, 15) is 9.59 Å². The van der Waals surface area contributed by atoms with Crippen molar-refractivity contribution in [1.82, 2.24) is 4.72 Å². The van der Waals surface area contributed by atoms with E-state index in [0.29, 0.717) is 22.6 Å². The van der Waals surface area contributed by atoms with Crippen LogP contribution in [0.2, 0.25) is 0 Å². The van der Waals surface area contributed by atoms with Gasteiger partial charge in [-0.3, -0.25) is 9.52 Å². The van der Waals surface area contributed by atoms with Gasteiger partial charge in [-0.1, -0.05) is 29.8 Å². The van der Waals surface area contributed by atoms with Crippen molar-refractivity contribution in [1.29, 1.82) is 0 Å². The van der Waals surface area contributed by atoms with Crippen LogP contribution in [0.15, 0.2) is 53.4 Å². The van der Waals surface area contributed by atoms with Crippen LogP contribution in [-0.4, -0.2) is 18.5 Å². The topological polar surface area (TPSA) is 55.4 Å². The van der Waals surface area contributed by atoms with Crippen molar-refractivity contribution < 1.29 is 14.3 Å². The molecule has 0 saturated heterocycles. The van der Waals surface area contributed by atoms with Crippen LogP contribution in [0.4, 0.5) is 0 Å². The number of aryl methyl sites for hydroxylation is 1. The van der Waals surface area contributed by atoms with Gasteiger partial charge in [-0.25, -0.2) is 4.79 Å². The van der Waals surface area contributed by atoms with Crippen molar-refractivity contribution in [2.75, 3.05) is 6.61 Å². The molecule has 5 heteroatoms. The van der Waals surface area contributed by atoms with E-state index >= 15 is 0 Å². The Hall–Kier alpha value is -2.27. The van der Waals surface area contributed by atoms with Gasteiger partial charge in [0.1, 0.15) is 0 Å². The third-order valence-corrected chi connectivity index (χ3v) is 3.81. The lowest BCUT2D eigenvalue weighted by Gasteiger charge is -2.09. The average Bonchev–Trinajstić information content (AvgIpc) is 2.54. The maximum absolute atomic E-state index is 12.1. The van der Waals surface area contributed by atoms with E-state index in [4.69, 9.17) is 4.74 Å². The molecule has 0 fully saturated rings. The molecule has 2 aromatic carbocycles. The Kier molecular flexibility index (Phi) is 5.61. The first-order valence-electron chi connectivity index (χ1n) is 6.92. The van der Waals surface area contributed by atoms with E-state index in [1.165, 1.54) is 0 Å². The van der Waals surface area contributed by atoms with Crippen molar-refractivity contribution in [3.05, 3.63) is 65.2 Å². The highest BCUT2D eigenvalue weighted by atomic mass is 32.2. The van der Waals surface area contributed by atoms with Gasteiger partial charge in [0.05, 0.1) is 12.2 Å². The zero-order chi connectivity index (χ0) is 15.9. The molecule has 0 spiro atoms. The number of rotatable bonds is 5. The van der Waals surface area contributed by atoms with Gasteiger partial charge in [0.15, 0.2) is 0 Å². The second-order valence-electron chi connectivity index (χ2n) is 4.62. The number of carbonyl (C=O) groups excluding carboxylic acids is 2. The second kappa shape index (κ2) is 7.66. The van der Waals surface area contributed by atoms with Crippen molar-refractivity contribution in [3.8, 4) is 0 Å². The molecule has 0 aliphatic heterocycles. The summed E-state index contributed by atoms with van der Waals surface area (Å²) in [6, 6.07) is 14.3. The summed E-state index contributed by atoms with van der Waals surface area (Å²) in [5.41, 5.74) is 2.11. The van der Waals surface area contributed by atoms with Crippen molar-refractivity contribution >= 4 is 23.8 Å². The Bertz CT molecular complexity index is 668. The minimum Gasteiger partial charge on any atom is -0.462 e. The maximum atomic E-state index is 12.1. The van der Waals surface area contributed by atoms with Crippen LogP contribution < -0.4 is 4.72 Å². The highest BCUT2D eigenvalue weighted by molar-refractivity contribution is 7.98. The molecular weight excluding hydrogens is 298 g/mol. The van der Waals surface area contributed by atoms with Crippen LogP contribution in [0.5, 0.6) is 0 Å². The fourth-order valence-electron chi connectivity index (χ4n) is 1.80. The van der Waals surface area contributed by atoms with Gasteiger partial charge in [0.2, 0.25) is 0 Å². The van der Waals surface area contributed by atoms with Gasteiger partial charge in [0.25, 0.3) is 5.91 Å². The number of nitrogens with one attached hydrogen (secondary N) is 1. The predicted octanol–water partition coefficient (Wildman–Crippen LogP) is 3.61. The van der Waals surface area contributed by atoms with Gasteiger partial charge >= 0.3 is 5.97 Å². The first-order valence-corrected chi connectivity index (χ1v) is 7.73. The summed E-state index contributed by atoms with van der Waals surface area (Å²) in [5, 5.41) is 0. The number of amides is 1. The lowest BCUT2D eigenvalue weighted by Crippen LogP contribution is -2.16. The highest BCUT2D eigenvalue weighted by Crippen LogP contribution is 2.21. The second-order valence-corrected chi connectivity index (χ2v) is 5.46. The molecule has 2 aromatic rings. The van der Waals surface area contributed by atoms with E-state index < -0.39 is 5.97 Å². The Labute approximate surface area is 134 Å². The minimum atomic E-state index is -0.393. The smallest absolute Gasteiger partial charge is 0.339 e. The lowest BCUT2D eigenvalue weighted by molar-refractivity contribution is 0.0522. The Morgan fingerprint density at radius 2 is 1.77 bits per heavy atom. The van der Waals surface area contributed by atoms with Crippen molar-refractivity contribution in [2.45, 2.75) is 18.7 Å². The fraction of sp³-hybridized carbons (Fsp3) is 0.176. The average molecular weight is 315 g/mol. The molecule has 1 amide bonds. The molecule has 22 heavy (non-hydrogen) atoms. The third kappa shape index (κ3) is 4.11. The normalized spacial score (nSPS) is 10.1. The summed E-state index contributed by atoms with van der Waals surface area (Å²) in [6.45, 7) is 4.03. The molecule has 0 heterocycles. The van der Waals surface area contributed by atoms with Gasteiger partial charge in [-0.15, -0.1) is 0 Å². The maximum Gasteiger partial charge on any atom is 0.339 e. The molecule has 114 valence electrons. The van der Waals surface area contributed by atoms with Gasteiger partial charge in [0, 0.05) is 10.5 Å².